The van der Waals surface area contributed by atoms with Crippen molar-refractivity contribution in [2.45, 2.75) is 126 Å². The van der Waals surface area contributed by atoms with E-state index < -0.39 is 0 Å². The van der Waals surface area contributed by atoms with Gasteiger partial charge in [0.05, 0.1) is 0 Å². The summed E-state index contributed by atoms with van der Waals surface area (Å²) in [6, 6.07) is 79.2. The van der Waals surface area contributed by atoms with Crippen molar-refractivity contribution in [3.8, 4) is 55.6 Å². The Hall–Kier alpha value is -8.14. The zero-order valence-corrected chi connectivity index (χ0v) is 51.1. The van der Waals surface area contributed by atoms with Crippen molar-refractivity contribution in [3.05, 3.63) is 245 Å². The van der Waals surface area contributed by atoms with Crippen molar-refractivity contribution in [1.29, 1.82) is 0 Å². The Labute approximate surface area is 490 Å². The SMILES string of the molecule is Cc1cc(C)c(-c2cc3c4c(c2)N(c2ccc(C(C)(C)C)c(-c5ccccc5)c2)c2cc(-c5ccccc5)c(C(C)(C)C)cc2B4c2cc(C(C)(C)C)c(-c4ccccc4)cc2N3c2ccc(C(C)(C)C)c(-c3ccccc3)c2)c(C)c1. The minimum Gasteiger partial charge on any atom is -0.311 e. The Balaban J connectivity index is 1.29. The summed E-state index contributed by atoms with van der Waals surface area (Å²) in [4.78, 5) is 5.32. The molecule has 2 nitrogen and oxygen atoms in total. The normalized spacial score (nSPS) is 13.2. The highest BCUT2D eigenvalue weighted by Crippen LogP contribution is 2.52. The number of anilines is 6. The minimum absolute atomic E-state index is 0.106. The molecule has 3 heteroatoms. The summed E-state index contributed by atoms with van der Waals surface area (Å²) < 4.78 is 0. The smallest absolute Gasteiger partial charge is 0.252 e. The highest BCUT2D eigenvalue weighted by molar-refractivity contribution is 7.00. The van der Waals surface area contributed by atoms with E-state index in [1.54, 1.807) is 0 Å². The number of rotatable bonds is 7. The van der Waals surface area contributed by atoms with Gasteiger partial charge < -0.3 is 9.80 Å². The number of fused-ring (bicyclic) bond motifs is 4. The van der Waals surface area contributed by atoms with Crippen molar-refractivity contribution in [2.24, 2.45) is 0 Å². The summed E-state index contributed by atoms with van der Waals surface area (Å²) in [6.45, 7) is 35.1. The molecule has 0 aromatic heterocycles. The molecule has 10 aromatic carbocycles. The van der Waals surface area contributed by atoms with E-state index >= 15 is 0 Å². The summed E-state index contributed by atoms with van der Waals surface area (Å²) in [7, 11) is 0. The lowest BCUT2D eigenvalue weighted by Gasteiger charge is -2.46. The molecule has 2 aliphatic rings. The third kappa shape index (κ3) is 9.60. The summed E-state index contributed by atoms with van der Waals surface area (Å²) in [5.74, 6) is 0. The van der Waals surface area contributed by atoms with Crippen LogP contribution in [0.1, 0.15) is 122 Å². The van der Waals surface area contributed by atoms with E-state index in [4.69, 9.17) is 0 Å². The molecule has 0 radical (unpaired) electrons. The number of nitrogens with zero attached hydrogens (tertiary/aromatic N) is 2. The van der Waals surface area contributed by atoms with E-state index in [0.29, 0.717) is 0 Å². The second kappa shape index (κ2) is 20.1. The van der Waals surface area contributed by atoms with Gasteiger partial charge in [-0.3, -0.25) is 0 Å². The van der Waals surface area contributed by atoms with Crippen LogP contribution in [0.3, 0.4) is 0 Å². The van der Waals surface area contributed by atoms with Gasteiger partial charge in [0.15, 0.2) is 0 Å². The molecule has 2 heterocycles. The first-order chi connectivity index (χ1) is 39.0. The molecule has 12 rings (SSSR count). The average molecular weight is 1070 g/mol. The van der Waals surface area contributed by atoms with E-state index in [1.807, 2.05) is 0 Å². The van der Waals surface area contributed by atoms with E-state index in [9.17, 15) is 0 Å². The van der Waals surface area contributed by atoms with Crippen LogP contribution < -0.4 is 26.2 Å². The zero-order valence-electron chi connectivity index (χ0n) is 51.1. The van der Waals surface area contributed by atoms with Crippen molar-refractivity contribution >= 4 is 57.2 Å². The fourth-order valence-electron chi connectivity index (χ4n) is 13.7. The second-order valence-electron chi connectivity index (χ2n) is 27.6. The monoisotopic (exact) mass is 1070 g/mol. The van der Waals surface area contributed by atoms with Crippen LogP contribution in [0.25, 0.3) is 55.6 Å². The zero-order chi connectivity index (χ0) is 57.8. The molecule has 10 aromatic rings. The molecule has 82 heavy (non-hydrogen) atoms. The average Bonchev–Trinajstić information content (AvgIpc) is 1.84. The van der Waals surface area contributed by atoms with E-state index in [-0.39, 0.29) is 28.4 Å². The Morgan fingerprint density at radius 1 is 0.293 bits per heavy atom. The Bertz CT molecular complexity index is 3830. The molecule has 0 amide bonds. The maximum atomic E-state index is 2.66. The molecule has 0 aliphatic carbocycles. The molecule has 0 saturated heterocycles. The minimum atomic E-state index is -0.187. The number of aryl methyl sites for hydroxylation is 3. The highest BCUT2D eigenvalue weighted by Gasteiger charge is 2.46. The van der Waals surface area contributed by atoms with Crippen LogP contribution in [-0.2, 0) is 21.7 Å². The van der Waals surface area contributed by atoms with Gasteiger partial charge in [-0.15, -0.1) is 0 Å². The second-order valence-corrected chi connectivity index (χ2v) is 27.6. The van der Waals surface area contributed by atoms with E-state index in [1.165, 1.54) is 134 Å². The van der Waals surface area contributed by atoms with Crippen molar-refractivity contribution < 1.29 is 0 Å². The van der Waals surface area contributed by atoms with Gasteiger partial charge in [0, 0.05) is 34.1 Å². The summed E-state index contributed by atoms with van der Waals surface area (Å²) in [6.07, 6.45) is 0. The molecule has 0 spiro atoms. The highest BCUT2D eigenvalue weighted by atomic mass is 15.2. The van der Waals surface area contributed by atoms with Gasteiger partial charge in [-0.2, -0.15) is 0 Å². The van der Waals surface area contributed by atoms with E-state index in [2.05, 4.69) is 320 Å². The molecule has 0 saturated carbocycles. The maximum Gasteiger partial charge on any atom is 0.252 e. The fourth-order valence-corrected chi connectivity index (χ4v) is 13.7. The Morgan fingerprint density at radius 3 is 0.927 bits per heavy atom. The molecule has 0 fully saturated rings. The Kier molecular flexibility index (Phi) is 13.3. The number of hydrogen-bond donors (Lipinski definition) is 0. The van der Waals surface area contributed by atoms with Crippen LogP contribution >= 0.6 is 0 Å². The molecule has 0 N–H and O–H groups in total. The van der Waals surface area contributed by atoms with E-state index in [0.717, 1.165) is 11.4 Å². The molecular formula is C79H79BN2. The maximum absolute atomic E-state index is 2.66. The molecule has 2 aliphatic heterocycles. The standard InChI is InChI=1S/C79H79BN2/c1-50-40-51(2)74(52(3)41-50)57-42-72-75-73(43-57)82(59-37-39-65(77(7,8)9)61(45-59)54-30-22-17-23-31-54)71-47-63(56-34-26-19-27-35-56)67(79(13,14)15)49-69(71)80(75)68-48-66(78(10,11)12)62(55-32-24-18-25-33-55)46-70(68)81(72)58-36-38-64(76(4,5)6)60(44-58)53-28-20-16-21-29-53/h16-49H,1-15H3. The van der Waals surface area contributed by atoms with Crippen molar-refractivity contribution in [1.82, 2.24) is 0 Å². The largest absolute Gasteiger partial charge is 0.311 e. The molecular weight excluding hydrogens is 988 g/mol. The first-order valence-electron chi connectivity index (χ1n) is 29.7. The first-order valence-corrected chi connectivity index (χ1v) is 29.7. The summed E-state index contributed by atoms with van der Waals surface area (Å²) in [5, 5.41) is 0. The van der Waals surface area contributed by atoms with Crippen molar-refractivity contribution in [2.75, 3.05) is 9.80 Å². The lowest BCUT2D eigenvalue weighted by Crippen LogP contribution is -2.61. The van der Waals surface area contributed by atoms with Crippen molar-refractivity contribution in [3.63, 3.8) is 0 Å². The predicted molar refractivity (Wildman–Crippen MR) is 357 cm³/mol. The van der Waals surface area contributed by atoms with Gasteiger partial charge in [0.1, 0.15) is 0 Å². The predicted octanol–water partition coefficient (Wildman–Crippen LogP) is 20.2. The third-order valence-corrected chi connectivity index (χ3v) is 17.4. The van der Waals surface area contributed by atoms with Crippen LogP contribution in [0.5, 0.6) is 0 Å². The number of benzene rings is 10. The van der Waals surface area contributed by atoms with Gasteiger partial charge in [0.2, 0.25) is 0 Å². The van der Waals surface area contributed by atoms with Crippen LogP contribution in [0, 0.1) is 20.8 Å². The molecule has 0 unspecified atom stereocenters. The van der Waals surface area contributed by atoms with Gasteiger partial charge >= 0.3 is 0 Å². The third-order valence-electron chi connectivity index (χ3n) is 17.4. The van der Waals surface area contributed by atoms with Gasteiger partial charge in [-0.25, -0.2) is 0 Å². The van der Waals surface area contributed by atoms with Gasteiger partial charge in [-0.05, 0) is 196 Å². The van der Waals surface area contributed by atoms with Gasteiger partial charge in [0.25, 0.3) is 6.71 Å². The van der Waals surface area contributed by atoms with Crippen LogP contribution in [0.15, 0.2) is 206 Å². The number of hydrogen-bond acceptors (Lipinski definition) is 2. The quantitative estimate of drug-likeness (QED) is 0.147. The molecule has 0 bridgehead atoms. The first kappa shape index (κ1) is 54.5. The lowest BCUT2D eigenvalue weighted by atomic mass is 9.33. The summed E-state index contributed by atoms with van der Waals surface area (Å²) in [5.41, 5.74) is 32.0. The topological polar surface area (TPSA) is 6.48 Å². The molecule has 408 valence electrons. The Morgan fingerprint density at radius 2 is 0.610 bits per heavy atom. The lowest BCUT2D eigenvalue weighted by molar-refractivity contribution is 0.591. The molecule has 0 atom stereocenters. The van der Waals surface area contributed by atoms with Crippen LogP contribution in [0.2, 0.25) is 0 Å². The van der Waals surface area contributed by atoms with Gasteiger partial charge in [-0.1, -0.05) is 246 Å². The van der Waals surface area contributed by atoms with Crippen LogP contribution in [-0.4, -0.2) is 6.71 Å². The van der Waals surface area contributed by atoms with Crippen LogP contribution in [0.4, 0.5) is 34.1 Å². The summed E-state index contributed by atoms with van der Waals surface area (Å²) >= 11 is 0. The fraction of sp³-hybridized carbons (Fsp3) is 0.241.